The number of benzene rings is 1. The smallest absolute Gasteiger partial charge is 0.354 e. The van der Waals surface area contributed by atoms with Crippen molar-refractivity contribution in [3.8, 4) is 17.0 Å². The van der Waals surface area contributed by atoms with Gasteiger partial charge in [0.25, 0.3) is 0 Å². The lowest BCUT2D eigenvalue weighted by molar-refractivity contribution is 0.0678. The number of hydrogen-bond acceptors (Lipinski definition) is 5. The van der Waals surface area contributed by atoms with Gasteiger partial charge < -0.3 is 14.9 Å². The van der Waals surface area contributed by atoms with Crippen LogP contribution in [0.15, 0.2) is 36.5 Å². The first-order chi connectivity index (χ1) is 11.0. The number of carbonyl (C=O) groups is 2. The first-order valence-electron chi connectivity index (χ1n) is 6.51. The van der Waals surface area contributed by atoms with Crippen LogP contribution in [0.2, 0.25) is 0 Å². The molecule has 0 saturated heterocycles. The molecule has 23 heavy (non-hydrogen) atoms. The van der Waals surface area contributed by atoms with Gasteiger partial charge in [-0.3, -0.25) is 0 Å². The fraction of sp³-hybridized carbons (Fsp3) is 0.0667. The lowest BCUT2D eigenvalue weighted by atomic mass is 10.1. The van der Waals surface area contributed by atoms with Gasteiger partial charge in [0.15, 0.2) is 11.3 Å². The summed E-state index contributed by atoms with van der Waals surface area (Å²) in [5.41, 5.74) is 0.605. The Balaban J connectivity index is 2.25. The van der Waals surface area contributed by atoms with Gasteiger partial charge in [0.1, 0.15) is 11.3 Å². The number of fused-ring (bicyclic) bond motifs is 1. The van der Waals surface area contributed by atoms with Crippen molar-refractivity contribution in [1.82, 2.24) is 14.6 Å². The summed E-state index contributed by atoms with van der Waals surface area (Å²) >= 11 is 0. The first kappa shape index (κ1) is 14.5. The number of aromatic carboxylic acids is 2. The van der Waals surface area contributed by atoms with Crippen molar-refractivity contribution >= 4 is 17.6 Å². The van der Waals surface area contributed by atoms with Crippen LogP contribution >= 0.6 is 0 Å². The van der Waals surface area contributed by atoms with Crippen LogP contribution in [0.1, 0.15) is 20.8 Å². The average molecular weight is 313 g/mol. The van der Waals surface area contributed by atoms with Crippen LogP contribution in [0.4, 0.5) is 0 Å². The Hall–Kier alpha value is -3.42. The summed E-state index contributed by atoms with van der Waals surface area (Å²) in [6.07, 6.45) is 1.08. The molecule has 0 spiro atoms. The number of rotatable bonds is 4. The largest absolute Gasteiger partial charge is 0.497 e. The van der Waals surface area contributed by atoms with Crippen LogP contribution in [0.25, 0.3) is 16.9 Å². The van der Waals surface area contributed by atoms with E-state index < -0.39 is 11.9 Å². The fourth-order valence-corrected chi connectivity index (χ4v) is 2.18. The molecular formula is C15H11N3O5. The molecule has 0 bridgehead atoms. The number of nitrogens with zero attached hydrogens (tertiary/aromatic N) is 3. The van der Waals surface area contributed by atoms with Crippen molar-refractivity contribution < 1.29 is 24.5 Å². The Morgan fingerprint density at radius 3 is 2.39 bits per heavy atom. The van der Waals surface area contributed by atoms with E-state index in [1.165, 1.54) is 13.2 Å². The quantitative estimate of drug-likeness (QED) is 0.754. The molecular weight excluding hydrogens is 302 g/mol. The summed E-state index contributed by atoms with van der Waals surface area (Å²) in [5, 5.41) is 22.3. The molecule has 3 aromatic rings. The third-order valence-corrected chi connectivity index (χ3v) is 3.31. The summed E-state index contributed by atoms with van der Waals surface area (Å²) in [4.78, 5) is 26.9. The van der Waals surface area contributed by atoms with E-state index in [-0.39, 0.29) is 16.9 Å². The Morgan fingerprint density at radius 2 is 1.83 bits per heavy atom. The third kappa shape index (κ3) is 2.46. The van der Waals surface area contributed by atoms with Crippen molar-refractivity contribution in [2.24, 2.45) is 0 Å². The average Bonchev–Trinajstić information content (AvgIpc) is 2.98. The summed E-state index contributed by atoms with van der Waals surface area (Å²) in [6, 6.07) is 8.17. The number of aromatic nitrogens is 3. The van der Waals surface area contributed by atoms with Crippen molar-refractivity contribution in [2.75, 3.05) is 7.11 Å². The first-order valence-corrected chi connectivity index (χ1v) is 6.51. The lowest BCUT2D eigenvalue weighted by Gasteiger charge is -2.06. The monoisotopic (exact) mass is 313 g/mol. The molecule has 0 fully saturated rings. The minimum absolute atomic E-state index is 0.0248. The maximum Gasteiger partial charge on any atom is 0.354 e. The standard InChI is InChI=1S/C15H11N3O5/c1-23-9-4-2-8(3-5-9)11-6-12(15(21)22)18-13(17-11)10(7-16-18)14(19)20/h2-7H,1H3,(H,19,20)(H,21,22). The molecule has 116 valence electrons. The van der Waals surface area contributed by atoms with E-state index >= 15 is 0 Å². The second-order valence-electron chi connectivity index (χ2n) is 4.66. The van der Waals surface area contributed by atoms with E-state index in [9.17, 15) is 19.8 Å². The highest BCUT2D eigenvalue weighted by molar-refractivity contribution is 5.96. The van der Waals surface area contributed by atoms with Crippen LogP contribution in [0, 0.1) is 0 Å². The van der Waals surface area contributed by atoms with Gasteiger partial charge in [-0.05, 0) is 30.3 Å². The molecule has 0 radical (unpaired) electrons. The van der Waals surface area contributed by atoms with Crippen LogP contribution in [-0.4, -0.2) is 43.9 Å². The molecule has 0 saturated carbocycles. The molecule has 1 aromatic carbocycles. The summed E-state index contributed by atoms with van der Waals surface area (Å²) < 4.78 is 6.07. The normalized spacial score (nSPS) is 10.7. The lowest BCUT2D eigenvalue weighted by Crippen LogP contribution is -2.09. The molecule has 0 unspecified atom stereocenters. The van der Waals surface area contributed by atoms with Crippen molar-refractivity contribution in [1.29, 1.82) is 0 Å². The van der Waals surface area contributed by atoms with Crippen LogP contribution in [0.5, 0.6) is 5.75 Å². The number of carboxylic acid groups (broad SMARTS) is 2. The minimum atomic E-state index is -1.23. The molecule has 0 aliphatic carbocycles. The van der Waals surface area contributed by atoms with E-state index in [1.807, 2.05) is 0 Å². The number of carboxylic acids is 2. The molecule has 2 N–H and O–H groups in total. The summed E-state index contributed by atoms with van der Waals surface area (Å²) in [7, 11) is 1.53. The van der Waals surface area contributed by atoms with Crippen molar-refractivity contribution in [3.63, 3.8) is 0 Å². The van der Waals surface area contributed by atoms with E-state index in [0.717, 1.165) is 10.7 Å². The zero-order valence-corrected chi connectivity index (χ0v) is 11.9. The van der Waals surface area contributed by atoms with Gasteiger partial charge in [0.05, 0.1) is 19.0 Å². The van der Waals surface area contributed by atoms with Gasteiger partial charge in [-0.15, -0.1) is 0 Å². The van der Waals surface area contributed by atoms with Gasteiger partial charge in [-0.1, -0.05) is 0 Å². The summed E-state index contributed by atoms with van der Waals surface area (Å²) in [5.74, 6) is -1.81. The van der Waals surface area contributed by atoms with E-state index in [0.29, 0.717) is 17.0 Å². The Morgan fingerprint density at radius 1 is 1.13 bits per heavy atom. The maximum atomic E-state index is 11.4. The van der Waals surface area contributed by atoms with Gasteiger partial charge in [0, 0.05) is 5.56 Å². The molecule has 8 nitrogen and oxygen atoms in total. The van der Waals surface area contributed by atoms with Crippen molar-refractivity contribution in [3.05, 3.63) is 47.8 Å². The highest BCUT2D eigenvalue weighted by atomic mass is 16.5. The minimum Gasteiger partial charge on any atom is -0.497 e. The van der Waals surface area contributed by atoms with Gasteiger partial charge >= 0.3 is 11.9 Å². The highest BCUT2D eigenvalue weighted by Gasteiger charge is 2.19. The Kier molecular flexibility index (Phi) is 3.41. The molecule has 2 aromatic heterocycles. The van der Waals surface area contributed by atoms with Crippen molar-refractivity contribution in [2.45, 2.75) is 0 Å². The SMILES string of the molecule is COc1ccc(-c2cc(C(=O)O)n3ncc(C(=O)O)c3n2)cc1. The fourth-order valence-electron chi connectivity index (χ4n) is 2.18. The Labute approximate surface area is 129 Å². The summed E-state index contributed by atoms with van der Waals surface area (Å²) in [6.45, 7) is 0. The Bertz CT molecular complexity index is 915. The zero-order valence-electron chi connectivity index (χ0n) is 11.9. The number of ether oxygens (including phenoxy) is 1. The van der Waals surface area contributed by atoms with E-state index in [2.05, 4.69) is 10.1 Å². The van der Waals surface area contributed by atoms with E-state index in [1.54, 1.807) is 24.3 Å². The van der Waals surface area contributed by atoms with Gasteiger partial charge in [-0.25, -0.2) is 19.1 Å². The van der Waals surface area contributed by atoms with Crippen LogP contribution in [0.3, 0.4) is 0 Å². The molecule has 2 heterocycles. The second-order valence-corrected chi connectivity index (χ2v) is 4.66. The van der Waals surface area contributed by atoms with Gasteiger partial charge in [0.2, 0.25) is 0 Å². The van der Waals surface area contributed by atoms with Gasteiger partial charge in [-0.2, -0.15) is 5.10 Å². The zero-order chi connectivity index (χ0) is 16.6. The maximum absolute atomic E-state index is 11.4. The second kappa shape index (κ2) is 5.41. The molecule has 3 rings (SSSR count). The van der Waals surface area contributed by atoms with Crippen LogP contribution in [-0.2, 0) is 0 Å². The number of hydrogen-bond donors (Lipinski definition) is 2. The molecule has 8 heteroatoms. The predicted molar refractivity (Wildman–Crippen MR) is 78.9 cm³/mol. The molecule has 0 amide bonds. The molecule has 0 aliphatic heterocycles. The predicted octanol–water partition coefficient (Wildman–Crippen LogP) is 1.80. The molecule has 0 atom stereocenters. The highest BCUT2D eigenvalue weighted by Crippen LogP contribution is 2.23. The van der Waals surface area contributed by atoms with E-state index in [4.69, 9.17) is 4.74 Å². The van der Waals surface area contributed by atoms with Crippen LogP contribution < -0.4 is 4.74 Å². The third-order valence-electron chi connectivity index (χ3n) is 3.31. The topological polar surface area (TPSA) is 114 Å². The number of methoxy groups -OCH3 is 1. The molecule has 0 aliphatic rings.